The van der Waals surface area contributed by atoms with E-state index in [-0.39, 0.29) is 92.7 Å². The number of carbonyl (C=O) groups is 2. The van der Waals surface area contributed by atoms with Crippen LogP contribution in [0.3, 0.4) is 0 Å². The molecule has 0 bridgehead atoms. The lowest BCUT2D eigenvalue weighted by Gasteiger charge is -2.17. The molecule has 2 amide bonds. The first-order valence-corrected chi connectivity index (χ1v) is 22.6. The Kier molecular flexibility index (Phi) is 13.9. The molecule has 0 aliphatic rings. The molecule has 4 aromatic carbocycles. The summed E-state index contributed by atoms with van der Waals surface area (Å²) in [7, 11) is 1.17. The number of halogens is 2. The third kappa shape index (κ3) is 11.0. The molecule has 0 spiro atoms. The van der Waals surface area contributed by atoms with Crippen molar-refractivity contribution >= 4 is 88.7 Å². The summed E-state index contributed by atoms with van der Waals surface area (Å²) in [6, 6.07) is 18.5. The number of amides is 2. The highest BCUT2D eigenvalue weighted by Crippen LogP contribution is 2.40. The monoisotopic (exact) mass is 940 g/mol. The molecule has 0 aliphatic heterocycles. The van der Waals surface area contributed by atoms with Gasteiger partial charge in [-0.05, 0) is 58.7 Å². The third-order valence-corrected chi connectivity index (χ3v) is 12.6. The first kappa shape index (κ1) is 46.5. The van der Waals surface area contributed by atoms with Crippen LogP contribution >= 0.6 is 23.2 Å². The molecule has 332 valence electrons. The molecule has 0 atom stereocenters. The van der Waals surface area contributed by atoms with Crippen molar-refractivity contribution in [2.45, 2.75) is 25.7 Å². The van der Waals surface area contributed by atoms with Gasteiger partial charge in [0.2, 0.25) is 11.8 Å². The van der Waals surface area contributed by atoms with Gasteiger partial charge in [0.05, 0.1) is 34.3 Å². The normalized spacial score (nSPS) is 11.7. The third-order valence-electron chi connectivity index (χ3n) is 9.88. The molecule has 0 radical (unpaired) electrons. The predicted molar refractivity (Wildman–Crippen MR) is 242 cm³/mol. The van der Waals surface area contributed by atoms with Gasteiger partial charge in [-0.2, -0.15) is 16.8 Å². The Morgan fingerprint density at radius 1 is 0.603 bits per heavy atom. The Balaban J connectivity index is 1.41. The Hall–Kier alpha value is -5.96. The van der Waals surface area contributed by atoms with Gasteiger partial charge >= 0.3 is 11.3 Å². The number of carbonyl (C=O) groups excluding carboxylic acids is 2. The largest absolute Gasteiger partial charge is 0.454 e. The van der Waals surface area contributed by atoms with E-state index in [9.17, 15) is 36.0 Å². The van der Waals surface area contributed by atoms with Crippen LogP contribution < -0.4 is 34.9 Å². The first-order chi connectivity index (χ1) is 29.7. The standard InChI is InChI=1S/C42H42Cl2N6O11S2/c1-45-62(55,56)47-25-11-7-9-23(13-25)15-31-27(19-39(51)49(3)4)29-17-33(43)37(21-35(29)60-41(31)53)59-38-22-36-30(18-34(38)44)28(20-40(52)50(5)6)32(42(54)61-36)16-24-10-8-12-26(14-24)48-63(57,58)46-2/h7-14,17-18,21-22,45-48H,15-16,19-20H2,1-6H3. The Bertz CT molecular complexity index is 2930. The van der Waals surface area contributed by atoms with E-state index in [1.807, 2.05) is 0 Å². The fourth-order valence-electron chi connectivity index (χ4n) is 6.57. The van der Waals surface area contributed by atoms with Crippen molar-refractivity contribution in [3.8, 4) is 11.5 Å². The lowest BCUT2D eigenvalue weighted by atomic mass is 9.95. The number of nitrogens with one attached hydrogen (secondary N) is 4. The number of hydrogen-bond donors (Lipinski definition) is 4. The first-order valence-electron chi connectivity index (χ1n) is 18.9. The van der Waals surface area contributed by atoms with Crippen LogP contribution in [0.2, 0.25) is 10.0 Å². The molecule has 6 rings (SSSR count). The zero-order valence-corrected chi connectivity index (χ0v) is 37.9. The summed E-state index contributed by atoms with van der Waals surface area (Å²) in [5, 5.41) is 0.752. The second-order valence-corrected chi connectivity index (χ2v) is 18.7. The molecule has 2 aromatic heterocycles. The molecule has 0 aliphatic carbocycles. The topological polar surface area (TPSA) is 227 Å². The van der Waals surface area contributed by atoms with Crippen LogP contribution in [0, 0.1) is 0 Å². The number of benzene rings is 4. The summed E-state index contributed by atoms with van der Waals surface area (Å²) in [4.78, 5) is 56.5. The molecule has 21 heteroatoms. The van der Waals surface area contributed by atoms with Gasteiger partial charge in [-0.15, -0.1) is 0 Å². The Labute approximate surface area is 372 Å². The Morgan fingerprint density at radius 2 is 0.984 bits per heavy atom. The van der Waals surface area contributed by atoms with Crippen molar-refractivity contribution in [3.63, 3.8) is 0 Å². The molecule has 17 nitrogen and oxygen atoms in total. The van der Waals surface area contributed by atoms with Crippen LogP contribution in [0.25, 0.3) is 21.9 Å². The zero-order chi connectivity index (χ0) is 46.0. The second kappa shape index (κ2) is 18.8. The summed E-state index contributed by atoms with van der Waals surface area (Å²) < 4.78 is 75.4. The SMILES string of the molecule is CNS(=O)(=O)Nc1cccc(Cc2c(CC(=O)N(C)C)c3cc(Cl)c(Oc4cc5oc(=O)c(Cc6cccc(NS(=O)(=O)NC)c6)c(CC(=O)N(C)C)c5cc4Cl)cc3oc2=O)c1. The van der Waals surface area contributed by atoms with E-state index in [0.29, 0.717) is 33.0 Å². The summed E-state index contributed by atoms with van der Waals surface area (Å²) in [6.07, 6.45) is -0.453. The molecule has 6 aromatic rings. The van der Waals surface area contributed by atoms with Crippen LogP contribution in [0.5, 0.6) is 11.5 Å². The van der Waals surface area contributed by atoms with E-state index >= 15 is 0 Å². The van der Waals surface area contributed by atoms with Crippen molar-refractivity contribution < 1.29 is 40.0 Å². The highest BCUT2D eigenvalue weighted by atomic mass is 35.5. The fourth-order valence-corrected chi connectivity index (χ4v) is 8.05. The van der Waals surface area contributed by atoms with Crippen molar-refractivity contribution in [2.24, 2.45) is 0 Å². The van der Waals surface area contributed by atoms with Crippen molar-refractivity contribution in [2.75, 3.05) is 51.7 Å². The number of rotatable bonds is 16. The van der Waals surface area contributed by atoms with Gasteiger partial charge in [0, 0.05) is 89.2 Å². The van der Waals surface area contributed by atoms with Gasteiger partial charge in [0.1, 0.15) is 22.7 Å². The molecular weight excluding hydrogens is 900 g/mol. The molecule has 0 saturated carbocycles. The van der Waals surface area contributed by atoms with Crippen LogP contribution in [0.1, 0.15) is 33.4 Å². The number of hydrogen-bond acceptors (Lipinski definition) is 11. The average Bonchev–Trinajstić information content (AvgIpc) is 3.21. The van der Waals surface area contributed by atoms with Gasteiger partial charge in [0.15, 0.2) is 0 Å². The summed E-state index contributed by atoms with van der Waals surface area (Å²) in [5.74, 6) is -0.655. The zero-order valence-electron chi connectivity index (χ0n) is 34.7. The summed E-state index contributed by atoms with van der Waals surface area (Å²) in [5.41, 5.74) is 1.09. The van der Waals surface area contributed by atoms with E-state index in [1.165, 1.54) is 48.2 Å². The highest BCUT2D eigenvalue weighted by molar-refractivity contribution is 7.91. The molecule has 0 saturated heterocycles. The molecule has 2 heterocycles. The van der Waals surface area contributed by atoms with Gasteiger partial charge in [-0.3, -0.25) is 19.0 Å². The maximum Gasteiger partial charge on any atom is 0.340 e. The summed E-state index contributed by atoms with van der Waals surface area (Å²) >= 11 is 13.6. The van der Waals surface area contributed by atoms with Crippen molar-refractivity contribution in [3.05, 3.63) is 137 Å². The highest BCUT2D eigenvalue weighted by Gasteiger charge is 2.24. The minimum absolute atomic E-state index is 0.00789. The summed E-state index contributed by atoms with van der Waals surface area (Å²) in [6.45, 7) is 0. The average molecular weight is 942 g/mol. The van der Waals surface area contributed by atoms with E-state index in [4.69, 9.17) is 36.8 Å². The number of anilines is 2. The lowest BCUT2D eigenvalue weighted by molar-refractivity contribution is -0.128. The predicted octanol–water partition coefficient (Wildman–Crippen LogP) is 5.19. The number of fused-ring (bicyclic) bond motifs is 2. The van der Waals surface area contributed by atoms with Crippen LogP contribution in [0.15, 0.2) is 91.2 Å². The van der Waals surface area contributed by atoms with Gasteiger partial charge in [-0.1, -0.05) is 47.5 Å². The number of likely N-dealkylation sites (N-methyl/N-ethyl adjacent to an activating group) is 2. The molecule has 63 heavy (non-hydrogen) atoms. The molecular formula is C42H42Cl2N6O11S2. The smallest absolute Gasteiger partial charge is 0.340 e. The van der Waals surface area contributed by atoms with Gasteiger partial charge in [-0.25, -0.2) is 19.0 Å². The van der Waals surface area contributed by atoms with E-state index in [0.717, 1.165) is 0 Å². The van der Waals surface area contributed by atoms with E-state index in [2.05, 4.69) is 18.9 Å². The molecule has 4 N–H and O–H groups in total. The van der Waals surface area contributed by atoms with Crippen LogP contribution in [0.4, 0.5) is 11.4 Å². The lowest BCUT2D eigenvalue weighted by Crippen LogP contribution is -2.26. The van der Waals surface area contributed by atoms with E-state index < -0.39 is 31.7 Å². The maximum absolute atomic E-state index is 13.7. The van der Waals surface area contributed by atoms with Crippen LogP contribution in [-0.4, -0.2) is 80.7 Å². The second-order valence-electron chi connectivity index (χ2n) is 14.7. The Morgan fingerprint density at radius 3 is 1.33 bits per heavy atom. The maximum atomic E-state index is 13.7. The van der Waals surface area contributed by atoms with E-state index in [1.54, 1.807) is 76.7 Å². The molecule has 0 unspecified atom stereocenters. The van der Waals surface area contributed by atoms with Gasteiger partial charge < -0.3 is 23.4 Å². The minimum Gasteiger partial charge on any atom is -0.454 e. The fraction of sp³-hybridized carbons (Fsp3) is 0.238. The van der Waals surface area contributed by atoms with Crippen molar-refractivity contribution in [1.29, 1.82) is 0 Å². The number of ether oxygens (including phenoxy) is 1. The quantitative estimate of drug-likeness (QED) is 0.0924. The van der Waals surface area contributed by atoms with Crippen LogP contribution in [-0.2, 0) is 55.7 Å². The van der Waals surface area contributed by atoms with Crippen molar-refractivity contribution in [1.82, 2.24) is 19.2 Å². The number of nitrogens with zero attached hydrogens (tertiary/aromatic N) is 2. The minimum atomic E-state index is -3.82. The molecule has 0 fully saturated rings. The van der Waals surface area contributed by atoms with Gasteiger partial charge in [0.25, 0.3) is 20.4 Å².